The van der Waals surface area contributed by atoms with Crippen LogP contribution < -0.4 is 0 Å². The van der Waals surface area contributed by atoms with Gasteiger partial charge in [-0.3, -0.25) is 9.69 Å². The number of hydrogen-bond acceptors (Lipinski definition) is 2. The van der Waals surface area contributed by atoms with E-state index in [1.165, 1.54) is 37.9 Å². The second-order valence-electron chi connectivity index (χ2n) is 8.32. The van der Waals surface area contributed by atoms with Crippen LogP contribution in [0.25, 0.3) is 0 Å². The molecule has 0 unspecified atom stereocenters. The van der Waals surface area contributed by atoms with E-state index < -0.39 is 0 Å². The number of carbonyl (C=O) groups is 1. The van der Waals surface area contributed by atoms with E-state index in [1.54, 1.807) is 0 Å². The third-order valence-electron chi connectivity index (χ3n) is 5.84. The molecule has 2 bridgehead atoms. The van der Waals surface area contributed by atoms with Crippen LogP contribution in [0.4, 0.5) is 0 Å². The first-order valence-corrected chi connectivity index (χ1v) is 9.57. The van der Waals surface area contributed by atoms with Gasteiger partial charge in [-0.15, -0.1) is 0 Å². The molecule has 0 aromatic heterocycles. The quantitative estimate of drug-likeness (QED) is 0.823. The Morgan fingerprint density at radius 3 is 2.58 bits per heavy atom. The molecule has 3 aliphatic heterocycles. The maximum atomic E-state index is 13.0. The molecule has 4 rings (SSSR count). The number of amides is 1. The lowest BCUT2D eigenvalue weighted by Gasteiger charge is -2.35. The molecule has 1 aromatic rings. The van der Waals surface area contributed by atoms with Crippen molar-refractivity contribution in [2.24, 2.45) is 5.92 Å². The standard InChI is InChI=1S/C21H32N2O/c1-4-12-22-14-17-10-11-19(22)16-23(15-17)20(24)13-21(2,3)18-8-6-5-7-9-18/h5-9,17,19H,4,10-16H2,1-3H3/t17-,19-/m0/s1. The molecular weight excluding hydrogens is 296 g/mol. The largest absolute Gasteiger partial charge is 0.341 e. The number of benzene rings is 1. The molecule has 132 valence electrons. The van der Waals surface area contributed by atoms with Crippen LogP contribution in [-0.4, -0.2) is 47.9 Å². The highest BCUT2D eigenvalue weighted by Gasteiger charge is 2.37. The first-order chi connectivity index (χ1) is 11.5. The molecule has 0 saturated carbocycles. The average molecular weight is 328 g/mol. The molecule has 2 atom stereocenters. The van der Waals surface area contributed by atoms with Crippen molar-refractivity contribution >= 4 is 5.91 Å². The Bertz CT molecular complexity index is 554. The zero-order valence-electron chi connectivity index (χ0n) is 15.5. The fraction of sp³-hybridized carbons (Fsp3) is 0.667. The second-order valence-corrected chi connectivity index (χ2v) is 8.32. The number of hydrogen-bond donors (Lipinski definition) is 0. The van der Waals surface area contributed by atoms with Gasteiger partial charge in [0, 0.05) is 32.1 Å². The molecule has 0 aliphatic carbocycles. The zero-order valence-corrected chi connectivity index (χ0v) is 15.5. The van der Waals surface area contributed by atoms with Crippen molar-refractivity contribution in [2.45, 2.75) is 57.9 Å². The van der Waals surface area contributed by atoms with E-state index in [2.05, 4.69) is 54.8 Å². The number of nitrogens with zero attached hydrogens (tertiary/aromatic N) is 2. The summed E-state index contributed by atoms with van der Waals surface area (Å²) in [6, 6.07) is 11.0. The van der Waals surface area contributed by atoms with Crippen molar-refractivity contribution in [1.29, 1.82) is 0 Å². The fourth-order valence-electron chi connectivity index (χ4n) is 4.43. The Labute approximate surface area is 147 Å². The van der Waals surface area contributed by atoms with Gasteiger partial charge in [-0.05, 0) is 42.7 Å². The number of rotatable bonds is 5. The Hall–Kier alpha value is -1.35. The summed E-state index contributed by atoms with van der Waals surface area (Å²) in [5, 5.41) is 0. The van der Waals surface area contributed by atoms with Gasteiger partial charge in [-0.2, -0.15) is 0 Å². The second kappa shape index (κ2) is 7.26. The van der Waals surface area contributed by atoms with E-state index >= 15 is 0 Å². The van der Waals surface area contributed by atoms with Gasteiger partial charge in [0.15, 0.2) is 0 Å². The molecule has 0 spiro atoms. The molecule has 3 heterocycles. The first kappa shape index (κ1) is 17.5. The average Bonchev–Trinajstić information content (AvgIpc) is 2.88. The summed E-state index contributed by atoms with van der Waals surface area (Å²) < 4.78 is 0. The molecule has 24 heavy (non-hydrogen) atoms. The summed E-state index contributed by atoms with van der Waals surface area (Å²) in [5.74, 6) is 0.998. The summed E-state index contributed by atoms with van der Waals surface area (Å²) in [6.45, 7) is 10.9. The maximum Gasteiger partial charge on any atom is 0.223 e. The summed E-state index contributed by atoms with van der Waals surface area (Å²) in [5.41, 5.74) is 1.15. The molecule has 3 aliphatic rings. The van der Waals surface area contributed by atoms with Gasteiger partial charge in [0.05, 0.1) is 0 Å². The van der Waals surface area contributed by atoms with Gasteiger partial charge >= 0.3 is 0 Å². The van der Waals surface area contributed by atoms with Crippen LogP contribution >= 0.6 is 0 Å². The highest BCUT2D eigenvalue weighted by atomic mass is 16.2. The van der Waals surface area contributed by atoms with Gasteiger partial charge in [-0.25, -0.2) is 0 Å². The Kier molecular flexibility index (Phi) is 5.29. The molecule has 1 aromatic carbocycles. The monoisotopic (exact) mass is 328 g/mol. The Morgan fingerprint density at radius 2 is 1.88 bits per heavy atom. The van der Waals surface area contributed by atoms with Crippen molar-refractivity contribution in [3.63, 3.8) is 0 Å². The first-order valence-electron chi connectivity index (χ1n) is 9.57. The summed E-state index contributed by atoms with van der Waals surface area (Å²) in [7, 11) is 0. The van der Waals surface area contributed by atoms with Crippen LogP contribution in [0.5, 0.6) is 0 Å². The van der Waals surface area contributed by atoms with Gasteiger partial charge < -0.3 is 4.90 Å². The van der Waals surface area contributed by atoms with Crippen molar-refractivity contribution in [3.05, 3.63) is 35.9 Å². The van der Waals surface area contributed by atoms with Gasteiger partial charge in [0.2, 0.25) is 5.91 Å². The normalized spacial score (nSPS) is 24.9. The summed E-state index contributed by atoms with van der Waals surface area (Å²) in [6.07, 6.45) is 4.36. The zero-order chi connectivity index (χ0) is 17.2. The lowest BCUT2D eigenvalue weighted by molar-refractivity contribution is -0.132. The van der Waals surface area contributed by atoms with E-state index in [1.807, 2.05) is 6.07 Å². The van der Waals surface area contributed by atoms with Crippen LogP contribution in [0, 0.1) is 5.92 Å². The van der Waals surface area contributed by atoms with E-state index in [-0.39, 0.29) is 5.41 Å². The number of piperidine rings is 1. The number of carbonyl (C=O) groups excluding carboxylic acids is 1. The van der Waals surface area contributed by atoms with Gasteiger partial charge in [-0.1, -0.05) is 51.1 Å². The Balaban J connectivity index is 1.67. The molecule has 0 N–H and O–H groups in total. The van der Waals surface area contributed by atoms with Gasteiger partial charge in [0.25, 0.3) is 0 Å². The molecule has 3 saturated heterocycles. The smallest absolute Gasteiger partial charge is 0.223 e. The molecule has 3 fully saturated rings. The van der Waals surface area contributed by atoms with Crippen molar-refractivity contribution < 1.29 is 4.79 Å². The summed E-state index contributed by atoms with van der Waals surface area (Å²) >= 11 is 0. The predicted molar refractivity (Wildman–Crippen MR) is 99.0 cm³/mol. The fourth-order valence-corrected chi connectivity index (χ4v) is 4.43. The minimum Gasteiger partial charge on any atom is -0.341 e. The van der Waals surface area contributed by atoms with Crippen molar-refractivity contribution in [3.8, 4) is 0 Å². The topological polar surface area (TPSA) is 23.6 Å². The molecule has 0 radical (unpaired) electrons. The third kappa shape index (κ3) is 3.83. The van der Waals surface area contributed by atoms with E-state index in [4.69, 9.17) is 0 Å². The lowest BCUT2D eigenvalue weighted by Crippen LogP contribution is -2.45. The number of fused-ring (bicyclic) bond motifs is 4. The van der Waals surface area contributed by atoms with Crippen LogP contribution in [0.3, 0.4) is 0 Å². The maximum absolute atomic E-state index is 13.0. The van der Waals surface area contributed by atoms with E-state index in [9.17, 15) is 4.79 Å². The molecular formula is C21H32N2O. The lowest BCUT2D eigenvalue weighted by atomic mass is 9.81. The highest BCUT2D eigenvalue weighted by Crippen LogP contribution is 2.31. The molecule has 3 nitrogen and oxygen atoms in total. The van der Waals surface area contributed by atoms with Crippen LogP contribution in [0.1, 0.15) is 52.0 Å². The van der Waals surface area contributed by atoms with E-state index in [0.29, 0.717) is 24.3 Å². The van der Waals surface area contributed by atoms with Crippen LogP contribution in [0.2, 0.25) is 0 Å². The van der Waals surface area contributed by atoms with Gasteiger partial charge in [0.1, 0.15) is 0 Å². The molecule has 1 amide bonds. The Morgan fingerprint density at radius 1 is 1.12 bits per heavy atom. The van der Waals surface area contributed by atoms with Crippen molar-refractivity contribution in [2.75, 3.05) is 26.2 Å². The molecule has 3 heteroatoms. The van der Waals surface area contributed by atoms with Crippen molar-refractivity contribution in [1.82, 2.24) is 9.80 Å². The van der Waals surface area contributed by atoms with Crippen LogP contribution in [0.15, 0.2) is 30.3 Å². The summed E-state index contributed by atoms with van der Waals surface area (Å²) in [4.78, 5) is 17.8. The van der Waals surface area contributed by atoms with Crippen LogP contribution in [-0.2, 0) is 10.2 Å². The minimum absolute atomic E-state index is 0.104. The highest BCUT2D eigenvalue weighted by molar-refractivity contribution is 5.78. The third-order valence-corrected chi connectivity index (χ3v) is 5.84. The predicted octanol–water partition coefficient (Wildman–Crippen LogP) is 3.69. The SMILES string of the molecule is CCCN1C[C@@H]2CC[C@H]1CN(C(=O)CC(C)(C)c1ccccc1)C2. The van der Waals surface area contributed by atoms with E-state index in [0.717, 1.165) is 13.1 Å². The minimum atomic E-state index is -0.104.